The monoisotopic (exact) mass is 385 g/mol. The molecule has 0 bridgehead atoms. The van der Waals surface area contributed by atoms with Crippen LogP contribution in [-0.4, -0.2) is 47.8 Å². The smallest absolute Gasteiger partial charge is 0.226 e. The average molecular weight is 386 g/mol. The fraction of sp³-hybridized carbons (Fsp3) is 0.850. The summed E-state index contributed by atoms with van der Waals surface area (Å²) < 4.78 is 0. The molecule has 0 fully saturated rings. The molecule has 6 N–H and O–H groups in total. The van der Waals surface area contributed by atoms with E-state index in [-0.39, 0.29) is 36.4 Å². The van der Waals surface area contributed by atoms with Gasteiger partial charge in [0, 0.05) is 24.8 Å². The van der Waals surface area contributed by atoms with Crippen LogP contribution in [0.5, 0.6) is 0 Å². The van der Waals surface area contributed by atoms with Crippen LogP contribution in [0.15, 0.2) is 0 Å². The lowest BCUT2D eigenvalue weighted by Gasteiger charge is -2.25. The van der Waals surface area contributed by atoms with Crippen molar-refractivity contribution in [2.45, 2.75) is 72.4 Å². The zero-order chi connectivity index (χ0) is 21.1. The van der Waals surface area contributed by atoms with Gasteiger partial charge in [0.1, 0.15) is 5.78 Å². The minimum Gasteiger partial charge on any atom is -0.393 e. The van der Waals surface area contributed by atoms with E-state index in [1.807, 2.05) is 0 Å². The Balaban J connectivity index is 5.16. The fourth-order valence-electron chi connectivity index (χ4n) is 3.06. The minimum atomic E-state index is -1.01. The molecule has 0 aliphatic carbocycles. The van der Waals surface area contributed by atoms with E-state index in [9.17, 15) is 19.5 Å². The first-order valence-corrected chi connectivity index (χ1v) is 10.0. The number of nitrogens with one attached hydrogen (secondary N) is 1. The zero-order valence-corrected chi connectivity index (χ0v) is 17.5. The van der Waals surface area contributed by atoms with Gasteiger partial charge in [-0.3, -0.25) is 14.4 Å². The Morgan fingerprint density at radius 1 is 1.07 bits per heavy atom. The lowest BCUT2D eigenvalue weighted by atomic mass is 9.83. The number of ketones is 2. The van der Waals surface area contributed by atoms with Crippen LogP contribution in [0.4, 0.5) is 0 Å². The Morgan fingerprint density at radius 3 is 2.07 bits per heavy atom. The van der Waals surface area contributed by atoms with Crippen LogP contribution in [0.3, 0.4) is 0 Å². The molecule has 158 valence electrons. The molecule has 7 nitrogen and oxygen atoms in total. The molecule has 0 rings (SSSR count). The highest BCUT2D eigenvalue weighted by atomic mass is 16.3. The second-order valence-corrected chi connectivity index (χ2v) is 7.89. The highest BCUT2D eigenvalue weighted by molar-refractivity contribution is 5.93. The summed E-state index contributed by atoms with van der Waals surface area (Å²) in [4.78, 5) is 37.5. The van der Waals surface area contributed by atoms with E-state index in [1.165, 1.54) is 6.92 Å². The number of rotatable bonds is 14. The fourth-order valence-corrected chi connectivity index (χ4v) is 3.06. The number of carbonyl (C=O) groups excluding carboxylic acids is 3. The predicted octanol–water partition coefficient (Wildman–Crippen LogP) is 1.01. The van der Waals surface area contributed by atoms with Crippen molar-refractivity contribution in [2.24, 2.45) is 35.1 Å². The van der Waals surface area contributed by atoms with Crippen LogP contribution in [0.25, 0.3) is 0 Å². The molecule has 0 saturated carbocycles. The van der Waals surface area contributed by atoms with E-state index < -0.39 is 24.0 Å². The summed E-state index contributed by atoms with van der Waals surface area (Å²) in [6.45, 7) is 9.48. The number of aliphatic hydroxyl groups is 1. The Hall–Kier alpha value is -1.31. The summed E-state index contributed by atoms with van der Waals surface area (Å²) >= 11 is 0. The number of Topliss-reactive ketones (excluding diaryl/α,β-unsaturated/α-hetero) is 2. The number of hydrogen-bond donors (Lipinski definition) is 4. The maximum absolute atomic E-state index is 12.8. The summed E-state index contributed by atoms with van der Waals surface area (Å²) in [6.07, 6.45) is 1.16. The number of aliphatic hydroxyl groups excluding tert-OH is 1. The van der Waals surface area contributed by atoms with E-state index in [0.717, 1.165) is 12.8 Å². The van der Waals surface area contributed by atoms with Crippen LogP contribution in [0, 0.1) is 23.7 Å². The van der Waals surface area contributed by atoms with Gasteiger partial charge in [-0.05, 0) is 32.2 Å². The molecule has 0 aromatic carbocycles. The molecule has 0 aromatic heterocycles. The second-order valence-electron chi connectivity index (χ2n) is 7.89. The van der Waals surface area contributed by atoms with Crippen LogP contribution in [-0.2, 0) is 14.4 Å². The Labute approximate surface area is 163 Å². The van der Waals surface area contributed by atoms with Crippen molar-refractivity contribution in [3.8, 4) is 0 Å². The first-order valence-electron chi connectivity index (χ1n) is 10.0. The van der Waals surface area contributed by atoms with Crippen molar-refractivity contribution >= 4 is 17.5 Å². The molecule has 0 aromatic rings. The van der Waals surface area contributed by atoms with Crippen molar-refractivity contribution in [2.75, 3.05) is 13.1 Å². The maximum atomic E-state index is 12.8. The summed E-state index contributed by atoms with van der Waals surface area (Å²) in [5, 5.41) is 12.7. The van der Waals surface area contributed by atoms with Gasteiger partial charge in [0.15, 0.2) is 5.78 Å². The standard InChI is InChI=1S/C20H39N3O4/c1-6-13(4)9-15(7-8-21)18(25)10-16(14(5)24)20(27)23-17(11-22)19(26)12(2)3/h12-17,24H,6-11,21-22H2,1-5H3,(H,23,27)/t13?,14?,15?,16-,17-/m0/s1. The Morgan fingerprint density at radius 2 is 1.67 bits per heavy atom. The summed E-state index contributed by atoms with van der Waals surface area (Å²) in [7, 11) is 0. The molecule has 1 amide bonds. The Kier molecular flexibility index (Phi) is 12.3. The van der Waals surface area contributed by atoms with Gasteiger partial charge in [-0.25, -0.2) is 0 Å². The molecule has 3 unspecified atom stereocenters. The van der Waals surface area contributed by atoms with E-state index >= 15 is 0 Å². The van der Waals surface area contributed by atoms with Crippen LogP contribution < -0.4 is 16.8 Å². The molecule has 0 aliphatic heterocycles. The lowest BCUT2D eigenvalue weighted by Crippen LogP contribution is -2.51. The topological polar surface area (TPSA) is 136 Å². The molecular weight excluding hydrogens is 346 g/mol. The SMILES string of the molecule is CCC(C)CC(CCN)C(=O)C[C@H](C(=O)N[C@@H](CN)C(=O)C(C)C)C(C)O. The van der Waals surface area contributed by atoms with E-state index in [1.54, 1.807) is 13.8 Å². The maximum Gasteiger partial charge on any atom is 0.226 e. The third-order valence-corrected chi connectivity index (χ3v) is 5.16. The summed E-state index contributed by atoms with van der Waals surface area (Å²) in [5.41, 5.74) is 11.3. The molecule has 0 spiro atoms. The summed E-state index contributed by atoms with van der Waals surface area (Å²) in [5.74, 6) is -1.77. The minimum absolute atomic E-state index is 0.0208. The van der Waals surface area contributed by atoms with E-state index in [0.29, 0.717) is 18.9 Å². The number of hydrogen-bond acceptors (Lipinski definition) is 6. The van der Waals surface area contributed by atoms with Crippen LogP contribution in [0.1, 0.15) is 60.3 Å². The lowest BCUT2D eigenvalue weighted by molar-refractivity contribution is -0.137. The third kappa shape index (κ3) is 8.95. The van der Waals surface area contributed by atoms with Gasteiger partial charge in [-0.1, -0.05) is 34.1 Å². The van der Waals surface area contributed by atoms with Crippen molar-refractivity contribution < 1.29 is 19.5 Å². The molecule has 5 atom stereocenters. The number of nitrogens with two attached hydrogens (primary N) is 2. The summed E-state index contributed by atoms with van der Waals surface area (Å²) in [6, 6.07) is -0.811. The second kappa shape index (κ2) is 13.0. The molecule has 0 heterocycles. The molecular formula is C20H39N3O4. The van der Waals surface area contributed by atoms with Gasteiger partial charge in [-0.15, -0.1) is 0 Å². The highest BCUT2D eigenvalue weighted by Gasteiger charge is 2.32. The van der Waals surface area contributed by atoms with Gasteiger partial charge >= 0.3 is 0 Å². The van der Waals surface area contributed by atoms with Gasteiger partial charge in [0.2, 0.25) is 5.91 Å². The van der Waals surface area contributed by atoms with Crippen molar-refractivity contribution in [3.05, 3.63) is 0 Å². The van der Waals surface area contributed by atoms with Gasteiger partial charge in [0.25, 0.3) is 0 Å². The molecule has 7 heteroatoms. The van der Waals surface area contributed by atoms with Crippen LogP contribution >= 0.6 is 0 Å². The predicted molar refractivity (Wildman–Crippen MR) is 107 cm³/mol. The van der Waals surface area contributed by atoms with Gasteiger partial charge in [0.05, 0.1) is 18.1 Å². The third-order valence-electron chi connectivity index (χ3n) is 5.16. The first kappa shape index (κ1) is 25.7. The van der Waals surface area contributed by atoms with Gasteiger partial charge < -0.3 is 21.9 Å². The van der Waals surface area contributed by atoms with Crippen molar-refractivity contribution in [1.82, 2.24) is 5.32 Å². The first-order chi connectivity index (χ1) is 12.6. The number of carbonyl (C=O) groups is 3. The van der Waals surface area contributed by atoms with Crippen LogP contribution in [0.2, 0.25) is 0 Å². The average Bonchev–Trinajstić information content (AvgIpc) is 2.61. The van der Waals surface area contributed by atoms with E-state index in [4.69, 9.17) is 11.5 Å². The highest BCUT2D eigenvalue weighted by Crippen LogP contribution is 2.23. The molecule has 0 saturated heterocycles. The van der Waals surface area contributed by atoms with Gasteiger partial charge in [-0.2, -0.15) is 0 Å². The zero-order valence-electron chi connectivity index (χ0n) is 17.5. The quantitative estimate of drug-likeness (QED) is 0.352. The number of amides is 1. The van der Waals surface area contributed by atoms with Crippen molar-refractivity contribution in [3.63, 3.8) is 0 Å². The molecule has 0 radical (unpaired) electrons. The van der Waals surface area contributed by atoms with E-state index in [2.05, 4.69) is 19.2 Å². The molecule has 0 aliphatic rings. The molecule has 27 heavy (non-hydrogen) atoms. The largest absolute Gasteiger partial charge is 0.393 e. The Bertz CT molecular complexity index is 480. The normalized spacial score (nSPS) is 17.1. The van der Waals surface area contributed by atoms with Crippen molar-refractivity contribution in [1.29, 1.82) is 0 Å².